The van der Waals surface area contributed by atoms with Gasteiger partial charge in [-0.2, -0.15) is 0 Å². The third kappa shape index (κ3) is 3.98. The van der Waals surface area contributed by atoms with Gasteiger partial charge in [0.2, 0.25) is 5.91 Å². The van der Waals surface area contributed by atoms with Crippen LogP contribution in [0, 0.1) is 5.92 Å². The van der Waals surface area contributed by atoms with Crippen molar-refractivity contribution < 1.29 is 4.79 Å². The van der Waals surface area contributed by atoms with Crippen LogP contribution < -0.4 is 5.32 Å². The highest BCUT2D eigenvalue weighted by atomic mass is 35.5. The molecule has 1 heterocycles. The summed E-state index contributed by atoms with van der Waals surface area (Å²) in [5, 5.41) is 4.22. The minimum absolute atomic E-state index is 0.0287. The second-order valence-corrected chi connectivity index (χ2v) is 6.64. The number of unbranched alkanes of at least 4 members (excludes halogenated alkanes) is 1. The molecule has 21 heavy (non-hydrogen) atoms. The first kappa shape index (κ1) is 16.3. The van der Waals surface area contributed by atoms with Crippen LogP contribution in [-0.2, 0) is 4.79 Å². The van der Waals surface area contributed by atoms with E-state index in [0.29, 0.717) is 5.92 Å². The van der Waals surface area contributed by atoms with Gasteiger partial charge in [0.25, 0.3) is 0 Å². The van der Waals surface area contributed by atoms with Gasteiger partial charge in [0.15, 0.2) is 0 Å². The van der Waals surface area contributed by atoms with E-state index in [2.05, 4.69) is 26.1 Å². The average molecular weight is 309 g/mol. The smallest absolute Gasteiger partial charge is 0.241 e. The minimum Gasteiger partial charge on any atom is -0.321 e. The molecular weight excluding hydrogens is 284 g/mol. The number of hydrogen-bond donors (Lipinski definition) is 1. The summed E-state index contributed by atoms with van der Waals surface area (Å²) in [6, 6.07) is 7.72. The van der Waals surface area contributed by atoms with Crippen molar-refractivity contribution in [1.82, 2.24) is 10.2 Å². The summed E-state index contributed by atoms with van der Waals surface area (Å²) in [5.41, 5.74) is 1.10. The second-order valence-electron chi connectivity index (χ2n) is 6.20. The zero-order valence-electron chi connectivity index (χ0n) is 13.1. The third-order valence-corrected chi connectivity index (χ3v) is 4.10. The molecule has 1 fully saturated rings. The molecule has 1 aliphatic rings. The van der Waals surface area contributed by atoms with Gasteiger partial charge < -0.3 is 4.90 Å². The molecule has 1 N–H and O–H groups in total. The molecule has 0 radical (unpaired) electrons. The monoisotopic (exact) mass is 308 g/mol. The Bertz CT molecular complexity index is 472. The lowest BCUT2D eigenvalue weighted by Gasteiger charge is -2.26. The first-order valence-corrected chi connectivity index (χ1v) is 8.22. The van der Waals surface area contributed by atoms with Crippen LogP contribution in [0.25, 0.3) is 0 Å². The molecule has 0 bridgehead atoms. The van der Waals surface area contributed by atoms with Crippen LogP contribution in [0.1, 0.15) is 51.8 Å². The number of carbonyl (C=O) groups is 1. The minimum atomic E-state index is -0.0515. The quantitative estimate of drug-likeness (QED) is 0.862. The predicted molar refractivity (Wildman–Crippen MR) is 87.2 cm³/mol. The summed E-state index contributed by atoms with van der Waals surface area (Å²) in [5.74, 6) is 0.688. The van der Waals surface area contributed by atoms with E-state index >= 15 is 0 Å². The molecule has 2 unspecified atom stereocenters. The fourth-order valence-electron chi connectivity index (χ4n) is 2.80. The standard InChI is InChI=1S/C17H25ClN2O/c1-4-5-6-15-17(21)20(11-12(2)3)16(19-15)13-7-9-14(18)10-8-13/h7-10,12,15-16,19H,4-6,11H2,1-3H3. The van der Waals surface area contributed by atoms with Crippen molar-refractivity contribution in [2.24, 2.45) is 5.92 Å². The Kier molecular flexibility index (Phi) is 5.65. The summed E-state index contributed by atoms with van der Waals surface area (Å²) in [7, 11) is 0. The number of nitrogens with one attached hydrogen (secondary N) is 1. The van der Waals surface area contributed by atoms with E-state index in [4.69, 9.17) is 11.6 Å². The molecule has 3 nitrogen and oxygen atoms in total. The molecule has 4 heteroatoms. The van der Waals surface area contributed by atoms with Gasteiger partial charge in [0.1, 0.15) is 6.17 Å². The number of benzene rings is 1. The van der Waals surface area contributed by atoms with Gasteiger partial charge in [-0.25, -0.2) is 0 Å². The maximum atomic E-state index is 12.6. The first-order valence-electron chi connectivity index (χ1n) is 7.85. The number of rotatable bonds is 6. The highest BCUT2D eigenvalue weighted by Crippen LogP contribution is 2.28. The lowest BCUT2D eigenvalue weighted by atomic mass is 10.1. The predicted octanol–water partition coefficient (Wildman–Crippen LogP) is 3.99. The molecule has 1 aromatic carbocycles. The van der Waals surface area contributed by atoms with Gasteiger partial charge in [-0.15, -0.1) is 0 Å². The first-order chi connectivity index (χ1) is 10.0. The van der Waals surface area contributed by atoms with Crippen LogP contribution in [0.5, 0.6) is 0 Å². The summed E-state index contributed by atoms with van der Waals surface area (Å²) < 4.78 is 0. The number of nitrogens with zero attached hydrogens (tertiary/aromatic N) is 1. The molecule has 1 aromatic rings. The van der Waals surface area contributed by atoms with Crippen molar-refractivity contribution in [1.29, 1.82) is 0 Å². The number of hydrogen-bond acceptors (Lipinski definition) is 2. The zero-order valence-corrected chi connectivity index (χ0v) is 13.9. The van der Waals surface area contributed by atoms with E-state index in [-0.39, 0.29) is 18.1 Å². The maximum absolute atomic E-state index is 12.6. The van der Waals surface area contributed by atoms with Crippen molar-refractivity contribution in [3.05, 3.63) is 34.9 Å². The van der Waals surface area contributed by atoms with Gasteiger partial charge in [0.05, 0.1) is 6.04 Å². The van der Waals surface area contributed by atoms with E-state index in [9.17, 15) is 4.79 Å². The van der Waals surface area contributed by atoms with E-state index in [0.717, 1.165) is 36.4 Å². The van der Waals surface area contributed by atoms with E-state index in [1.807, 2.05) is 29.2 Å². The van der Waals surface area contributed by atoms with Gasteiger partial charge in [0, 0.05) is 11.6 Å². The number of halogens is 1. The SMILES string of the molecule is CCCCC1NC(c2ccc(Cl)cc2)N(CC(C)C)C1=O. The van der Waals surface area contributed by atoms with Crippen LogP contribution in [0.3, 0.4) is 0 Å². The van der Waals surface area contributed by atoms with Crippen molar-refractivity contribution in [2.45, 2.75) is 52.2 Å². The molecule has 0 spiro atoms. The number of amides is 1. The Morgan fingerprint density at radius 1 is 1.29 bits per heavy atom. The highest BCUT2D eigenvalue weighted by molar-refractivity contribution is 6.30. The molecule has 1 amide bonds. The Labute approximate surface area is 132 Å². The molecule has 1 aliphatic heterocycles. The Morgan fingerprint density at radius 3 is 2.52 bits per heavy atom. The maximum Gasteiger partial charge on any atom is 0.241 e. The van der Waals surface area contributed by atoms with Crippen molar-refractivity contribution in [3.8, 4) is 0 Å². The summed E-state index contributed by atoms with van der Waals surface area (Å²) >= 11 is 5.96. The van der Waals surface area contributed by atoms with E-state index in [1.165, 1.54) is 0 Å². The molecule has 2 rings (SSSR count). The fraction of sp³-hybridized carbons (Fsp3) is 0.588. The molecule has 2 atom stereocenters. The Hall–Kier alpha value is -1.06. The van der Waals surface area contributed by atoms with Gasteiger partial charge in [-0.3, -0.25) is 10.1 Å². The Balaban J connectivity index is 2.19. The summed E-state index contributed by atoms with van der Waals surface area (Å²) in [4.78, 5) is 14.6. The largest absolute Gasteiger partial charge is 0.321 e. The van der Waals surface area contributed by atoms with Gasteiger partial charge >= 0.3 is 0 Å². The van der Waals surface area contributed by atoms with Crippen molar-refractivity contribution in [2.75, 3.05) is 6.54 Å². The van der Waals surface area contributed by atoms with Gasteiger partial charge in [-0.1, -0.05) is 57.3 Å². The molecule has 1 saturated heterocycles. The lowest BCUT2D eigenvalue weighted by molar-refractivity contribution is -0.130. The molecular formula is C17H25ClN2O. The molecule has 0 saturated carbocycles. The molecule has 0 aromatic heterocycles. The third-order valence-electron chi connectivity index (χ3n) is 3.85. The van der Waals surface area contributed by atoms with Crippen molar-refractivity contribution >= 4 is 17.5 Å². The van der Waals surface area contributed by atoms with E-state index < -0.39 is 0 Å². The zero-order chi connectivity index (χ0) is 15.4. The van der Waals surface area contributed by atoms with Crippen LogP contribution >= 0.6 is 11.6 Å². The van der Waals surface area contributed by atoms with Crippen LogP contribution in [0.15, 0.2) is 24.3 Å². The highest BCUT2D eigenvalue weighted by Gasteiger charge is 2.39. The summed E-state index contributed by atoms with van der Waals surface area (Å²) in [6.45, 7) is 7.22. The average Bonchev–Trinajstić information content (AvgIpc) is 2.74. The topological polar surface area (TPSA) is 32.3 Å². The normalized spacial score (nSPS) is 22.3. The number of carbonyl (C=O) groups excluding carboxylic acids is 1. The van der Waals surface area contributed by atoms with Crippen LogP contribution in [0.2, 0.25) is 5.02 Å². The van der Waals surface area contributed by atoms with Crippen LogP contribution in [0.4, 0.5) is 0 Å². The van der Waals surface area contributed by atoms with Crippen LogP contribution in [-0.4, -0.2) is 23.4 Å². The van der Waals surface area contributed by atoms with Crippen molar-refractivity contribution in [3.63, 3.8) is 0 Å². The van der Waals surface area contributed by atoms with Gasteiger partial charge in [-0.05, 0) is 30.0 Å². The lowest BCUT2D eigenvalue weighted by Crippen LogP contribution is -2.34. The fourth-order valence-corrected chi connectivity index (χ4v) is 2.93. The molecule has 0 aliphatic carbocycles. The second kappa shape index (κ2) is 7.28. The molecule has 116 valence electrons. The van der Waals surface area contributed by atoms with E-state index in [1.54, 1.807) is 0 Å². The Morgan fingerprint density at radius 2 is 1.95 bits per heavy atom. The summed E-state index contributed by atoms with van der Waals surface area (Å²) in [6.07, 6.45) is 3.07.